The van der Waals surface area contributed by atoms with E-state index in [2.05, 4.69) is 32.5 Å². The van der Waals surface area contributed by atoms with Gasteiger partial charge in [-0.3, -0.25) is 14.8 Å². The maximum absolute atomic E-state index is 13.1. The van der Waals surface area contributed by atoms with E-state index in [1.165, 1.54) is 17.5 Å². The molecule has 2 N–H and O–H groups in total. The molecule has 1 fully saturated rings. The molecule has 0 atom stereocenters. The average Bonchev–Trinajstić information content (AvgIpc) is 3.25. The molecule has 0 bridgehead atoms. The van der Waals surface area contributed by atoms with Crippen LogP contribution in [0.1, 0.15) is 55.2 Å². The molecule has 0 spiro atoms. The summed E-state index contributed by atoms with van der Waals surface area (Å²) in [5, 5.41) is 19.0. The summed E-state index contributed by atoms with van der Waals surface area (Å²) in [4.78, 5) is 15.6. The standard InChI is InChI=1S/C22H27N5O/c23-15-17-4-5-18-7-12-27(16-19(18)14-17)13-10-22(8-2-1-3-9-22)21(28)25-20-6-11-24-26-20/h4-6,11,14H,1-3,7-10,12-13,16H2,(H2,24,25,26,28). The van der Waals surface area contributed by atoms with Gasteiger partial charge in [-0.05, 0) is 55.5 Å². The molecular formula is C22H27N5O. The minimum absolute atomic E-state index is 0.126. The monoisotopic (exact) mass is 377 g/mol. The van der Waals surface area contributed by atoms with Crippen molar-refractivity contribution in [1.29, 1.82) is 5.26 Å². The molecule has 0 radical (unpaired) electrons. The van der Waals surface area contributed by atoms with Gasteiger partial charge in [-0.25, -0.2) is 0 Å². The fourth-order valence-electron chi connectivity index (χ4n) is 4.65. The van der Waals surface area contributed by atoms with Gasteiger partial charge >= 0.3 is 0 Å². The molecule has 1 aliphatic carbocycles. The quantitative estimate of drug-likeness (QED) is 0.833. The first-order chi connectivity index (χ1) is 13.7. The number of carbonyl (C=O) groups is 1. The number of nitrogens with zero attached hydrogens (tertiary/aromatic N) is 3. The summed E-state index contributed by atoms with van der Waals surface area (Å²) >= 11 is 0. The Balaban J connectivity index is 1.43. The largest absolute Gasteiger partial charge is 0.311 e. The van der Waals surface area contributed by atoms with Gasteiger partial charge < -0.3 is 5.32 Å². The van der Waals surface area contributed by atoms with Gasteiger partial charge in [-0.2, -0.15) is 10.4 Å². The minimum atomic E-state index is -0.294. The Kier molecular flexibility index (Phi) is 5.45. The average molecular weight is 377 g/mol. The second kappa shape index (κ2) is 8.15. The predicted molar refractivity (Wildman–Crippen MR) is 107 cm³/mol. The maximum Gasteiger partial charge on any atom is 0.231 e. The topological polar surface area (TPSA) is 84.8 Å². The second-order valence-electron chi connectivity index (χ2n) is 8.14. The first-order valence-electron chi connectivity index (χ1n) is 10.2. The number of anilines is 1. The second-order valence-corrected chi connectivity index (χ2v) is 8.14. The van der Waals surface area contributed by atoms with Gasteiger partial charge in [-0.15, -0.1) is 0 Å². The molecule has 1 saturated carbocycles. The number of aromatic amines is 1. The van der Waals surface area contributed by atoms with Crippen molar-refractivity contribution in [2.24, 2.45) is 5.41 Å². The molecule has 0 unspecified atom stereocenters. The van der Waals surface area contributed by atoms with Crippen LogP contribution in [0.5, 0.6) is 0 Å². The normalized spacial score (nSPS) is 18.8. The van der Waals surface area contributed by atoms with Crippen molar-refractivity contribution in [3.05, 3.63) is 47.2 Å². The molecule has 4 rings (SSSR count). The number of hydrogen-bond donors (Lipinski definition) is 2. The zero-order valence-electron chi connectivity index (χ0n) is 16.2. The van der Waals surface area contributed by atoms with E-state index < -0.39 is 0 Å². The van der Waals surface area contributed by atoms with Gasteiger partial charge in [-0.1, -0.05) is 25.3 Å². The van der Waals surface area contributed by atoms with E-state index in [-0.39, 0.29) is 11.3 Å². The van der Waals surface area contributed by atoms with Gasteiger partial charge in [0.2, 0.25) is 5.91 Å². The fraction of sp³-hybridized carbons (Fsp3) is 0.500. The third-order valence-corrected chi connectivity index (χ3v) is 6.37. The van der Waals surface area contributed by atoms with Crippen LogP contribution >= 0.6 is 0 Å². The van der Waals surface area contributed by atoms with E-state index in [1.807, 2.05) is 12.1 Å². The highest BCUT2D eigenvalue weighted by molar-refractivity contribution is 5.94. The predicted octanol–water partition coefficient (Wildman–Crippen LogP) is 3.62. The van der Waals surface area contributed by atoms with Gasteiger partial charge in [0.15, 0.2) is 0 Å². The van der Waals surface area contributed by atoms with Gasteiger partial charge in [0.05, 0.1) is 23.2 Å². The van der Waals surface area contributed by atoms with E-state index in [1.54, 1.807) is 12.3 Å². The van der Waals surface area contributed by atoms with Crippen LogP contribution in [0.25, 0.3) is 0 Å². The Morgan fingerprint density at radius 3 is 2.86 bits per heavy atom. The summed E-state index contributed by atoms with van der Waals surface area (Å²) < 4.78 is 0. The third kappa shape index (κ3) is 3.95. The number of nitrogens with one attached hydrogen (secondary N) is 2. The van der Waals surface area contributed by atoms with Crippen molar-refractivity contribution < 1.29 is 4.79 Å². The Labute approximate surface area is 165 Å². The number of fused-ring (bicyclic) bond motifs is 1. The first kappa shape index (κ1) is 18.7. The van der Waals surface area contributed by atoms with Gasteiger partial charge in [0.25, 0.3) is 0 Å². The molecule has 146 valence electrons. The van der Waals surface area contributed by atoms with Crippen LogP contribution in [-0.4, -0.2) is 34.1 Å². The number of hydrogen-bond acceptors (Lipinski definition) is 4. The van der Waals surface area contributed by atoms with Crippen LogP contribution in [0.3, 0.4) is 0 Å². The summed E-state index contributed by atoms with van der Waals surface area (Å²) in [5.74, 6) is 0.798. The highest BCUT2D eigenvalue weighted by atomic mass is 16.2. The van der Waals surface area contributed by atoms with Crippen molar-refractivity contribution in [1.82, 2.24) is 15.1 Å². The van der Waals surface area contributed by atoms with E-state index in [0.717, 1.165) is 63.7 Å². The molecule has 6 nitrogen and oxygen atoms in total. The number of nitriles is 1. The van der Waals surface area contributed by atoms with E-state index in [0.29, 0.717) is 5.82 Å². The smallest absolute Gasteiger partial charge is 0.231 e. The molecule has 1 aliphatic heterocycles. The molecule has 2 heterocycles. The molecule has 0 saturated heterocycles. The van der Waals surface area contributed by atoms with Crippen molar-refractivity contribution >= 4 is 11.7 Å². The number of amides is 1. The molecule has 2 aliphatic rings. The molecule has 2 aromatic rings. The molecule has 1 amide bonds. The molecule has 6 heteroatoms. The lowest BCUT2D eigenvalue weighted by Gasteiger charge is -2.38. The van der Waals surface area contributed by atoms with Crippen molar-refractivity contribution in [3.63, 3.8) is 0 Å². The van der Waals surface area contributed by atoms with Gasteiger partial charge in [0.1, 0.15) is 5.82 Å². The highest BCUT2D eigenvalue weighted by Crippen LogP contribution is 2.40. The van der Waals surface area contributed by atoms with Crippen LogP contribution < -0.4 is 5.32 Å². The Bertz CT molecular complexity index is 862. The van der Waals surface area contributed by atoms with Crippen molar-refractivity contribution in [3.8, 4) is 6.07 Å². The van der Waals surface area contributed by atoms with Gasteiger partial charge in [0, 0.05) is 19.2 Å². The fourth-order valence-corrected chi connectivity index (χ4v) is 4.65. The molecule has 1 aromatic heterocycles. The number of carbonyl (C=O) groups excluding carboxylic acids is 1. The Morgan fingerprint density at radius 1 is 1.25 bits per heavy atom. The summed E-state index contributed by atoms with van der Waals surface area (Å²) in [6.07, 6.45) is 8.90. The maximum atomic E-state index is 13.1. The van der Waals surface area contributed by atoms with Crippen LogP contribution in [0.4, 0.5) is 5.82 Å². The highest BCUT2D eigenvalue weighted by Gasteiger charge is 2.39. The number of benzene rings is 1. The zero-order chi connectivity index (χ0) is 19.4. The van der Waals surface area contributed by atoms with E-state index >= 15 is 0 Å². The van der Waals surface area contributed by atoms with Crippen LogP contribution in [0.15, 0.2) is 30.5 Å². The van der Waals surface area contributed by atoms with Crippen molar-refractivity contribution in [2.75, 3.05) is 18.4 Å². The first-order valence-corrected chi connectivity index (χ1v) is 10.2. The Hall–Kier alpha value is -2.65. The van der Waals surface area contributed by atoms with Crippen LogP contribution in [0, 0.1) is 16.7 Å². The third-order valence-electron chi connectivity index (χ3n) is 6.37. The summed E-state index contributed by atoms with van der Waals surface area (Å²) in [7, 11) is 0. The number of H-pyrrole nitrogens is 1. The summed E-state index contributed by atoms with van der Waals surface area (Å²) in [6, 6.07) is 10.0. The summed E-state index contributed by atoms with van der Waals surface area (Å²) in [5.41, 5.74) is 3.03. The van der Waals surface area contributed by atoms with E-state index in [4.69, 9.17) is 5.26 Å². The lowest BCUT2D eigenvalue weighted by Crippen LogP contribution is -2.42. The zero-order valence-corrected chi connectivity index (χ0v) is 16.2. The summed E-state index contributed by atoms with van der Waals surface area (Å²) in [6.45, 7) is 2.78. The SMILES string of the molecule is N#Cc1ccc2c(c1)CN(CCC1(C(=O)Nc3ccn[nH]3)CCCCC1)CC2. The Morgan fingerprint density at radius 2 is 2.11 bits per heavy atom. The number of rotatable bonds is 5. The van der Waals surface area contributed by atoms with E-state index in [9.17, 15) is 4.79 Å². The van der Waals surface area contributed by atoms with Crippen LogP contribution in [0.2, 0.25) is 0 Å². The van der Waals surface area contributed by atoms with Crippen molar-refractivity contribution in [2.45, 2.75) is 51.5 Å². The van der Waals surface area contributed by atoms with Crippen LogP contribution in [-0.2, 0) is 17.8 Å². The lowest BCUT2D eigenvalue weighted by molar-refractivity contribution is -0.128. The molecular weight excluding hydrogens is 350 g/mol. The minimum Gasteiger partial charge on any atom is -0.311 e. The molecule has 1 aromatic carbocycles. The molecule has 28 heavy (non-hydrogen) atoms. The number of aromatic nitrogens is 2. The lowest BCUT2D eigenvalue weighted by atomic mass is 9.71.